The van der Waals surface area contributed by atoms with E-state index in [1.54, 1.807) is 0 Å². The largest absolute Gasteiger partial charge is 0.463 e. The summed E-state index contributed by atoms with van der Waals surface area (Å²) in [4.78, 5) is 12.6. The lowest BCUT2D eigenvalue weighted by Gasteiger charge is -2.26. The predicted octanol–water partition coefficient (Wildman–Crippen LogP) is 3.18. The number of rotatable bonds is 5. The van der Waals surface area contributed by atoms with Gasteiger partial charge in [0, 0.05) is 5.56 Å². The van der Waals surface area contributed by atoms with Gasteiger partial charge in [-0.2, -0.15) is 15.0 Å². The first-order valence-corrected chi connectivity index (χ1v) is 7.51. The minimum Gasteiger partial charge on any atom is -0.463 e. The van der Waals surface area contributed by atoms with E-state index in [1.807, 2.05) is 13.0 Å². The van der Waals surface area contributed by atoms with Gasteiger partial charge in [0.1, 0.15) is 0 Å². The van der Waals surface area contributed by atoms with Crippen molar-refractivity contribution in [2.45, 2.75) is 38.5 Å². The van der Waals surface area contributed by atoms with Crippen LogP contribution in [0.15, 0.2) is 24.3 Å². The molecule has 21 heavy (non-hydrogen) atoms. The maximum atomic E-state index is 5.76. The van der Waals surface area contributed by atoms with Crippen molar-refractivity contribution in [3.63, 3.8) is 0 Å². The fourth-order valence-corrected chi connectivity index (χ4v) is 2.43. The third kappa shape index (κ3) is 3.12. The Labute approximate surface area is 124 Å². The van der Waals surface area contributed by atoms with Gasteiger partial charge in [-0.3, -0.25) is 0 Å². The normalized spacial score (nSPS) is 14.7. The van der Waals surface area contributed by atoms with Crippen LogP contribution in [0.4, 0.5) is 5.95 Å². The van der Waals surface area contributed by atoms with Crippen LogP contribution < -0.4 is 10.5 Å². The second-order valence-electron chi connectivity index (χ2n) is 5.40. The van der Waals surface area contributed by atoms with Gasteiger partial charge in [-0.05, 0) is 36.8 Å². The zero-order valence-electron chi connectivity index (χ0n) is 12.2. The molecule has 2 N–H and O–H groups in total. The molecule has 1 saturated carbocycles. The van der Waals surface area contributed by atoms with Crippen molar-refractivity contribution in [1.29, 1.82) is 0 Å². The Morgan fingerprint density at radius 3 is 2.81 bits per heavy atom. The van der Waals surface area contributed by atoms with E-state index in [1.165, 1.54) is 24.8 Å². The van der Waals surface area contributed by atoms with E-state index in [4.69, 9.17) is 10.5 Å². The van der Waals surface area contributed by atoms with Gasteiger partial charge in [-0.15, -0.1) is 0 Å². The first kappa shape index (κ1) is 13.8. The molecule has 1 fully saturated rings. The number of ether oxygens (including phenoxy) is 1. The maximum Gasteiger partial charge on any atom is 0.321 e. The van der Waals surface area contributed by atoms with Gasteiger partial charge in [0.15, 0.2) is 5.82 Å². The maximum absolute atomic E-state index is 5.76. The molecule has 1 aromatic carbocycles. The molecule has 5 nitrogen and oxygen atoms in total. The summed E-state index contributed by atoms with van der Waals surface area (Å²) in [7, 11) is 0. The number of nitrogen functional groups attached to an aromatic ring is 1. The monoisotopic (exact) mass is 284 g/mol. The van der Waals surface area contributed by atoms with Crippen molar-refractivity contribution in [2.24, 2.45) is 0 Å². The average Bonchev–Trinajstić information content (AvgIpc) is 2.43. The van der Waals surface area contributed by atoms with Gasteiger partial charge in [0.2, 0.25) is 5.95 Å². The minimum absolute atomic E-state index is 0.195. The van der Waals surface area contributed by atoms with Crippen LogP contribution in [0.3, 0.4) is 0 Å². The summed E-state index contributed by atoms with van der Waals surface area (Å²) in [6, 6.07) is 8.68. The third-order valence-electron chi connectivity index (χ3n) is 3.79. The second-order valence-corrected chi connectivity index (χ2v) is 5.40. The number of hydrogen-bond donors (Lipinski definition) is 1. The number of benzene rings is 1. The van der Waals surface area contributed by atoms with Crippen LogP contribution in [0.1, 0.15) is 44.1 Å². The summed E-state index contributed by atoms with van der Waals surface area (Å²) in [5.74, 6) is 1.45. The second kappa shape index (κ2) is 6.08. The van der Waals surface area contributed by atoms with Crippen LogP contribution in [0.2, 0.25) is 0 Å². The van der Waals surface area contributed by atoms with Crippen LogP contribution >= 0.6 is 0 Å². The summed E-state index contributed by atoms with van der Waals surface area (Å²) in [6.45, 7) is 2.61. The molecule has 0 aliphatic heterocycles. The zero-order chi connectivity index (χ0) is 14.7. The number of nitrogens with two attached hydrogens (primary N) is 1. The molecule has 1 aliphatic rings. The summed E-state index contributed by atoms with van der Waals surface area (Å²) >= 11 is 0. The topological polar surface area (TPSA) is 73.9 Å². The molecule has 1 aromatic heterocycles. The van der Waals surface area contributed by atoms with Crippen molar-refractivity contribution in [3.8, 4) is 17.4 Å². The molecule has 0 radical (unpaired) electrons. The van der Waals surface area contributed by atoms with Crippen molar-refractivity contribution < 1.29 is 4.74 Å². The van der Waals surface area contributed by atoms with E-state index >= 15 is 0 Å². The molecular weight excluding hydrogens is 264 g/mol. The van der Waals surface area contributed by atoms with Crippen molar-refractivity contribution in [2.75, 3.05) is 12.3 Å². The number of anilines is 1. The van der Waals surface area contributed by atoms with Gasteiger partial charge in [-0.1, -0.05) is 31.5 Å². The molecule has 5 heteroatoms. The van der Waals surface area contributed by atoms with E-state index in [2.05, 4.69) is 33.2 Å². The van der Waals surface area contributed by atoms with E-state index in [-0.39, 0.29) is 5.95 Å². The van der Waals surface area contributed by atoms with E-state index in [9.17, 15) is 0 Å². The Bertz CT molecular complexity index is 625. The highest BCUT2D eigenvalue weighted by atomic mass is 16.5. The van der Waals surface area contributed by atoms with Gasteiger partial charge < -0.3 is 10.5 Å². The molecular formula is C16H20N4O. The molecule has 110 valence electrons. The first-order chi connectivity index (χ1) is 10.3. The highest BCUT2D eigenvalue weighted by Gasteiger charge is 2.20. The highest BCUT2D eigenvalue weighted by molar-refractivity contribution is 5.57. The standard InChI is InChI=1S/C16H20N4O/c1-2-9-21-16-19-14(18-15(17)20-16)13-8-4-7-12(10-13)11-5-3-6-11/h4,7-8,10-11H,2-3,5-6,9H2,1H3,(H2,17,18,19,20). The fraction of sp³-hybridized carbons (Fsp3) is 0.438. The van der Waals surface area contributed by atoms with Crippen LogP contribution in [0, 0.1) is 0 Å². The van der Waals surface area contributed by atoms with Crippen LogP contribution in [0.25, 0.3) is 11.4 Å². The molecule has 3 rings (SSSR count). The zero-order valence-corrected chi connectivity index (χ0v) is 12.2. The highest BCUT2D eigenvalue weighted by Crippen LogP contribution is 2.37. The smallest absolute Gasteiger partial charge is 0.321 e. The summed E-state index contributed by atoms with van der Waals surface area (Å²) in [5, 5.41) is 0. The summed E-state index contributed by atoms with van der Waals surface area (Å²) in [6.07, 6.45) is 4.77. The molecule has 2 aromatic rings. The Morgan fingerprint density at radius 1 is 1.24 bits per heavy atom. The number of nitrogens with zero attached hydrogens (tertiary/aromatic N) is 3. The third-order valence-corrected chi connectivity index (χ3v) is 3.79. The van der Waals surface area contributed by atoms with Crippen molar-refractivity contribution in [1.82, 2.24) is 15.0 Å². The Hall–Kier alpha value is -2.17. The molecule has 0 atom stereocenters. The van der Waals surface area contributed by atoms with E-state index < -0.39 is 0 Å². The van der Waals surface area contributed by atoms with Gasteiger partial charge in [0.25, 0.3) is 0 Å². The lowest BCUT2D eigenvalue weighted by molar-refractivity contribution is 0.292. The summed E-state index contributed by atoms with van der Waals surface area (Å²) in [5.41, 5.74) is 8.08. The SMILES string of the molecule is CCCOc1nc(N)nc(-c2cccc(C3CCC3)c2)n1. The number of aromatic nitrogens is 3. The van der Waals surface area contributed by atoms with Gasteiger partial charge in [-0.25, -0.2) is 0 Å². The van der Waals surface area contributed by atoms with Gasteiger partial charge >= 0.3 is 6.01 Å². The van der Waals surface area contributed by atoms with Crippen molar-refractivity contribution >= 4 is 5.95 Å². The Balaban J connectivity index is 1.90. The molecule has 0 saturated heterocycles. The first-order valence-electron chi connectivity index (χ1n) is 7.51. The lowest BCUT2D eigenvalue weighted by atomic mass is 9.80. The van der Waals surface area contributed by atoms with Crippen LogP contribution in [-0.2, 0) is 0 Å². The Morgan fingerprint density at radius 2 is 2.10 bits per heavy atom. The average molecular weight is 284 g/mol. The van der Waals surface area contributed by atoms with Gasteiger partial charge in [0.05, 0.1) is 6.61 Å². The van der Waals surface area contributed by atoms with E-state index in [0.717, 1.165) is 12.0 Å². The lowest BCUT2D eigenvalue weighted by Crippen LogP contribution is -2.09. The fourth-order valence-electron chi connectivity index (χ4n) is 2.43. The molecule has 0 unspecified atom stereocenters. The molecule has 0 amide bonds. The molecule has 1 heterocycles. The molecule has 0 bridgehead atoms. The molecule has 0 spiro atoms. The predicted molar refractivity (Wildman–Crippen MR) is 82.1 cm³/mol. The van der Waals surface area contributed by atoms with Crippen LogP contribution in [-0.4, -0.2) is 21.6 Å². The van der Waals surface area contributed by atoms with Crippen LogP contribution in [0.5, 0.6) is 6.01 Å². The minimum atomic E-state index is 0.195. The summed E-state index contributed by atoms with van der Waals surface area (Å²) < 4.78 is 5.47. The number of hydrogen-bond acceptors (Lipinski definition) is 5. The van der Waals surface area contributed by atoms with E-state index in [0.29, 0.717) is 24.4 Å². The quantitative estimate of drug-likeness (QED) is 0.912. The molecule has 1 aliphatic carbocycles. The van der Waals surface area contributed by atoms with Crippen molar-refractivity contribution in [3.05, 3.63) is 29.8 Å². The Kier molecular flexibility index (Phi) is 3.99.